The van der Waals surface area contributed by atoms with E-state index in [-0.39, 0.29) is 24.0 Å². The number of ether oxygens (including phenoxy) is 2. The zero-order chi connectivity index (χ0) is 17.2. The van der Waals surface area contributed by atoms with Crippen LogP contribution in [-0.4, -0.2) is 35.6 Å². The van der Waals surface area contributed by atoms with Crippen LogP contribution < -0.4 is 0 Å². The largest absolute Gasteiger partial charge is 0.367 e. The Bertz CT molecular complexity index is 560. The van der Waals surface area contributed by atoms with Gasteiger partial charge in [-0.25, -0.2) is 4.79 Å². The van der Waals surface area contributed by atoms with Crippen molar-refractivity contribution in [3.63, 3.8) is 0 Å². The molecule has 24 heavy (non-hydrogen) atoms. The molecule has 0 N–H and O–H groups in total. The smallest absolute Gasteiger partial charge is 0.329 e. The van der Waals surface area contributed by atoms with Gasteiger partial charge < -0.3 is 14.3 Å². The third-order valence-corrected chi connectivity index (χ3v) is 4.72. The normalized spacial score (nSPS) is 29.8. The molecule has 2 aliphatic heterocycles. The van der Waals surface area contributed by atoms with Gasteiger partial charge in [0.1, 0.15) is 6.10 Å². The first kappa shape index (κ1) is 17.4. The van der Waals surface area contributed by atoms with Gasteiger partial charge in [-0.1, -0.05) is 50.1 Å². The summed E-state index contributed by atoms with van der Waals surface area (Å²) in [5, 5.41) is 1.80. The summed E-state index contributed by atoms with van der Waals surface area (Å²) in [5.74, 6) is -0.904. The van der Waals surface area contributed by atoms with E-state index < -0.39 is 5.79 Å². The average molecular weight is 333 g/mol. The van der Waals surface area contributed by atoms with Crippen LogP contribution in [0.1, 0.15) is 45.6 Å². The fourth-order valence-corrected chi connectivity index (χ4v) is 3.53. The minimum atomic E-state index is -0.607. The highest BCUT2D eigenvalue weighted by Crippen LogP contribution is 2.36. The lowest BCUT2D eigenvalue weighted by molar-refractivity contribution is -0.191. The van der Waals surface area contributed by atoms with Crippen molar-refractivity contribution in [2.75, 3.05) is 6.61 Å². The number of unbranched alkanes of at least 4 members (excludes halogenated alkanes) is 1. The Morgan fingerprint density at radius 1 is 1.25 bits per heavy atom. The summed E-state index contributed by atoms with van der Waals surface area (Å²) in [6.45, 7) is 7.01. The second kappa shape index (κ2) is 7.21. The maximum absolute atomic E-state index is 12.4. The first-order valence-corrected chi connectivity index (χ1v) is 8.84. The first-order chi connectivity index (χ1) is 11.5. The van der Waals surface area contributed by atoms with Gasteiger partial charge >= 0.3 is 5.97 Å². The molecule has 0 radical (unpaired) electrons. The lowest BCUT2D eigenvalue weighted by atomic mass is 9.91. The van der Waals surface area contributed by atoms with Crippen molar-refractivity contribution in [3.8, 4) is 0 Å². The quantitative estimate of drug-likeness (QED) is 0.799. The van der Waals surface area contributed by atoms with Crippen LogP contribution >= 0.6 is 0 Å². The number of carbonyl (C=O) groups is 1. The van der Waals surface area contributed by atoms with Crippen molar-refractivity contribution in [1.82, 2.24) is 5.06 Å². The minimum Gasteiger partial charge on any atom is -0.367 e. The molecule has 2 heterocycles. The van der Waals surface area contributed by atoms with Crippen LogP contribution in [0.3, 0.4) is 0 Å². The SMILES string of the molecule is CCCC[C@@H]1C(=O)ON(Cc2ccccc2)[C@H]1[C@H]1COC(C)(C)O1. The van der Waals surface area contributed by atoms with E-state index in [1.54, 1.807) is 5.06 Å². The second-order valence-electron chi connectivity index (χ2n) is 7.08. The molecule has 0 saturated carbocycles. The number of carbonyl (C=O) groups excluding carboxylic acids is 1. The molecule has 2 fully saturated rings. The van der Waals surface area contributed by atoms with Gasteiger partial charge in [-0.2, -0.15) is 0 Å². The molecule has 0 bridgehead atoms. The van der Waals surface area contributed by atoms with Crippen molar-refractivity contribution >= 4 is 5.97 Å². The molecular formula is C19H27NO4. The number of nitrogens with zero attached hydrogens (tertiary/aromatic N) is 1. The van der Waals surface area contributed by atoms with Crippen molar-refractivity contribution in [1.29, 1.82) is 0 Å². The summed E-state index contributed by atoms with van der Waals surface area (Å²) in [4.78, 5) is 18.1. The predicted molar refractivity (Wildman–Crippen MR) is 89.8 cm³/mol. The molecule has 0 aliphatic carbocycles. The Hall–Kier alpha value is -1.43. The van der Waals surface area contributed by atoms with Crippen molar-refractivity contribution in [3.05, 3.63) is 35.9 Å². The fourth-order valence-electron chi connectivity index (χ4n) is 3.53. The molecule has 0 aromatic heterocycles. The van der Waals surface area contributed by atoms with E-state index in [0.29, 0.717) is 13.2 Å². The first-order valence-electron chi connectivity index (χ1n) is 8.84. The zero-order valence-corrected chi connectivity index (χ0v) is 14.7. The standard InChI is InChI=1S/C19H27NO4/c1-4-5-11-15-17(16-13-22-19(2,3)23-16)20(24-18(15)21)12-14-9-7-6-8-10-14/h6-10,15-17H,4-5,11-13H2,1-3H3/t15-,16+,17+/m0/s1. The Labute approximate surface area is 143 Å². The summed E-state index contributed by atoms with van der Waals surface area (Å²) in [7, 11) is 0. The lowest BCUT2D eigenvalue weighted by Crippen LogP contribution is -2.44. The van der Waals surface area contributed by atoms with Gasteiger partial charge in [0.25, 0.3) is 0 Å². The third-order valence-electron chi connectivity index (χ3n) is 4.72. The molecule has 0 unspecified atom stereocenters. The molecule has 1 aromatic carbocycles. The topological polar surface area (TPSA) is 48.0 Å². The van der Waals surface area contributed by atoms with E-state index in [0.717, 1.165) is 24.8 Å². The molecule has 5 heteroatoms. The van der Waals surface area contributed by atoms with Gasteiger partial charge in [-0.15, -0.1) is 5.06 Å². The van der Waals surface area contributed by atoms with E-state index in [9.17, 15) is 4.79 Å². The maximum Gasteiger partial charge on any atom is 0.329 e. The molecule has 5 nitrogen and oxygen atoms in total. The van der Waals surface area contributed by atoms with E-state index >= 15 is 0 Å². The molecule has 2 saturated heterocycles. The molecule has 0 amide bonds. The minimum absolute atomic E-state index is 0.106. The van der Waals surface area contributed by atoms with Gasteiger partial charge in [0.2, 0.25) is 0 Å². The van der Waals surface area contributed by atoms with Crippen LogP contribution in [0, 0.1) is 5.92 Å². The number of benzene rings is 1. The number of rotatable bonds is 6. The van der Waals surface area contributed by atoms with E-state index in [4.69, 9.17) is 14.3 Å². The molecule has 3 rings (SSSR count). The van der Waals surface area contributed by atoms with Gasteiger partial charge in [0.15, 0.2) is 5.79 Å². The summed E-state index contributed by atoms with van der Waals surface area (Å²) in [5.41, 5.74) is 1.12. The van der Waals surface area contributed by atoms with Crippen LogP contribution in [0.15, 0.2) is 30.3 Å². The highest BCUT2D eigenvalue weighted by atomic mass is 16.8. The Kier molecular flexibility index (Phi) is 5.23. The van der Waals surface area contributed by atoms with Gasteiger partial charge in [0, 0.05) is 0 Å². The monoisotopic (exact) mass is 333 g/mol. The molecule has 2 aliphatic rings. The summed E-state index contributed by atoms with van der Waals surface area (Å²) >= 11 is 0. The van der Waals surface area contributed by atoms with Crippen LogP contribution in [0.2, 0.25) is 0 Å². The lowest BCUT2D eigenvalue weighted by Gasteiger charge is -2.28. The van der Waals surface area contributed by atoms with Gasteiger partial charge in [0.05, 0.1) is 25.1 Å². The highest BCUT2D eigenvalue weighted by Gasteiger charge is 2.51. The molecule has 0 spiro atoms. The Balaban J connectivity index is 1.79. The fraction of sp³-hybridized carbons (Fsp3) is 0.632. The molecular weight excluding hydrogens is 306 g/mol. The molecule has 3 atom stereocenters. The van der Waals surface area contributed by atoms with E-state index in [2.05, 4.69) is 6.92 Å². The number of hydrogen-bond acceptors (Lipinski definition) is 5. The van der Waals surface area contributed by atoms with Gasteiger partial charge in [-0.3, -0.25) is 0 Å². The Morgan fingerprint density at radius 2 is 2.00 bits per heavy atom. The highest BCUT2D eigenvalue weighted by molar-refractivity contribution is 5.75. The summed E-state index contributed by atoms with van der Waals surface area (Å²) in [6.07, 6.45) is 2.73. The van der Waals surface area contributed by atoms with Crippen LogP contribution in [0.5, 0.6) is 0 Å². The number of hydrogen-bond donors (Lipinski definition) is 0. The van der Waals surface area contributed by atoms with Crippen LogP contribution in [-0.2, 0) is 25.7 Å². The molecule has 1 aromatic rings. The van der Waals surface area contributed by atoms with E-state index in [1.165, 1.54) is 0 Å². The summed E-state index contributed by atoms with van der Waals surface area (Å²) < 4.78 is 11.8. The van der Waals surface area contributed by atoms with Crippen LogP contribution in [0.25, 0.3) is 0 Å². The van der Waals surface area contributed by atoms with Gasteiger partial charge in [-0.05, 0) is 25.8 Å². The summed E-state index contributed by atoms with van der Waals surface area (Å²) in [6, 6.07) is 9.95. The maximum atomic E-state index is 12.4. The van der Waals surface area contributed by atoms with Crippen molar-refractivity contribution in [2.24, 2.45) is 5.92 Å². The van der Waals surface area contributed by atoms with Crippen molar-refractivity contribution < 1.29 is 19.1 Å². The van der Waals surface area contributed by atoms with E-state index in [1.807, 2.05) is 44.2 Å². The predicted octanol–water partition coefficient (Wildman–Crippen LogP) is 3.29. The van der Waals surface area contributed by atoms with Crippen LogP contribution in [0.4, 0.5) is 0 Å². The Morgan fingerprint density at radius 3 is 2.62 bits per heavy atom. The second-order valence-corrected chi connectivity index (χ2v) is 7.08. The molecule has 132 valence electrons. The zero-order valence-electron chi connectivity index (χ0n) is 14.7. The van der Waals surface area contributed by atoms with Crippen molar-refractivity contribution in [2.45, 2.75) is 64.5 Å². The third kappa shape index (κ3) is 3.79. The average Bonchev–Trinajstić information content (AvgIpc) is 3.05. The number of hydroxylamine groups is 2.